The summed E-state index contributed by atoms with van der Waals surface area (Å²) in [6, 6.07) is 5.28. The lowest BCUT2D eigenvalue weighted by molar-refractivity contribution is -0.131. The number of nitrogens with zero attached hydrogens (tertiary/aromatic N) is 1. The highest BCUT2D eigenvalue weighted by molar-refractivity contribution is 7.18. The van der Waals surface area contributed by atoms with E-state index < -0.39 is 5.97 Å². The van der Waals surface area contributed by atoms with E-state index in [1.807, 2.05) is 11.4 Å². The third-order valence-corrected chi connectivity index (χ3v) is 4.78. The van der Waals surface area contributed by atoms with Gasteiger partial charge in [0.05, 0.1) is 9.21 Å². The summed E-state index contributed by atoms with van der Waals surface area (Å²) >= 11 is 8.52. The number of carbonyl (C=O) groups excluding carboxylic acids is 1. The van der Waals surface area contributed by atoms with Crippen molar-refractivity contribution in [2.45, 2.75) is 6.54 Å². The first-order chi connectivity index (χ1) is 9.95. The predicted molar refractivity (Wildman–Crippen MR) is 86.1 cm³/mol. The van der Waals surface area contributed by atoms with Gasteiger partial charge in [-0.3, -0.25) is 4.79 Å². The van der Waals surface area contributed by atoms with E-state index in [4.69, 9.17) is 16.7 Å². The molecular formula is C14H12ClNO3S2. The molecule has 2 rings (SSSR count). The van der Waals surface area contributed by atoms with Crippen molar-refractivity contribution in [1.82, 2.24) is 4.90 Å². The fraction of sp³-hybridized carbons (Fsp3) is 0.143. The molecule has 0 aromatic carbocycles. The van der Waals surface area contributed by atoms with Crippen molar-refractivity contribution in [1.29, 1.82) is 0 Å². The zero-order valence-corrected chi connectivity index (χ0v) is 13.5. The highest BCUT2D eigenvalue weighted by atomic mass is 35.5. The smallest absolute Gasteiger partial charge is 0.328 e. The van der Waals surface area contributed by atoms with Crippen LogP contribution in [0.25, 0.3) is 6.08 Å². The summed E-state index contributed by atoms with van der Waals surface area (Å²) in [7, 11) is 1.72. The van der Waals surface area contributed by atoms with Gasteiger partial charge in [-0.15, -0.1) is 22.7 Å². The van der Waals surface area contributed by atoms with Crippen LogP contribution in [0.2, 0.25) is 4.34 Å². The van der Waals surface area contributed by atoms with Crippen LogP contribution >= 0.6 is 34.3 Å². The number of amides is 1. The van der Waals surface area contributed by atoms with E-state index in [9.17, 15) is 9.59 Å². The molecule has 4 nitrogen and oxygen atoms in total. The molecule has 0 aliphatic carbocycles. The highest BCUT2D eigenvalue weighted by Gasteiger charge is 2.14. The van der Waals surface area contributed by atoms with Crippen LogP contribution in [-0.2, 0) is 11.3 Å². The van der Waals surface area contributed by atoms with Crippen LogP contribution in [0.3, 0.4) is 0 Å². The van der Waals surface area contributed by atoms with Crippen LogP contribution in [0.15, 0.2) is 29.7 Å². The monoisotopic (exact) mass is 341 g/mol. The van der Waals surface area contributed by atoms with Crippen LogP contribution in [0.4, 0.5) is 0 Å². The average Bonchev–Trinajstić information content (AvgIpc) is 3.04. The van der Waals surface area contributed by atoms with Crippen molar-refractivity contribution in [2.75, 3.05) is 7.05 Å². The van der Waals surface area contributed by atoms with Gasteiger partial charge in [-0.25, -0.2) is 4.79 Å². The number of carbonyl (C=O) groups is 2. The van der Waals surface area contributed by atoms with Gasteiger partial charge in [0, 0.05) is 24.5 Å². The zero-order valence-electron chi connectivity index (χ0n) is 11.1. The lowest BCUT2D eigenvalue weighted by atomic mass is 10.2. The lowest BCUT2D eigenvalue weighted by Gasteiger charge is -2.15. The molecule has 1 N–H and O–H groups in total. The molecule has 2 heterocycles. The molecule has 0 aliphatic heterocycles. The van der Waals surface area contributed by atoms with Crippen molar-refractivity contribution in [2.24, 2.45) is 0 Å². The van der Waals surface area contributed by atoms with Gasteiger partial charge in [0.25, 0.3) is 5.91 Å². The number of carboxylic acids is 1. The quantitative estimate of drug-likeness (QED) is 0.841. The fourth-order valence-corrected chi connectivity index (χ4v) is 3.52. The fourth-order valence-electron chi connectivity index (χ4n) is 1.68. The Hall–Kier alpha value is -1.63. The number of rotatable bonds is 5. The van der Waals surface area contributed by atoms with E-state index in [2.05, 4.69) is 0 Å². The van der Waals surface area contributed by atoms with Gasteiger partial charge in [-0.1, -0.05) is 11.6 Å². The molecule has 0 saturated heterocycles. The minimum Gasteiger partial charge on any atom is -0.478 e. The van der Waals surface area contributed by atoms with E-state index in [0.717, 1.165) is 16.5 Å². The maximum Gasteiger partial charge on any atom is 0.328 e. The molecule has 0 atom stereocenters. The molecule has 0 radical (unpaired) electrons. The standard InChI is InChI=1S/C14H12ClNO3S2/c1-16(14(19)11-3-4-12(15)21-11)7-9-6-10(20-8-9)2-5-13(17)18/h2-6,8H,7H2,1H3,(H,17,18). The predicted octanol–water partition coefficient (Wildman–Crippen LogP) is 3.83. The van der Waals surface area contributed by atoms with Gasteiger partial charge in [0.2, 0.25) is 0 Å². The minimum absolute atomic E-state index is 0.0827. The molecule has 0 saturated carbocycles. The molecule has 0 spiro atoms. The number of halogens is 1. The van der Waals surface area contributed by atoms with Gasteiger partial charge in [-0.2, -0.15) is 0 Å². The summed E-state index contributed by atoms with van der Waals surface area (Å²) in [5.41, 5.74) is 0.962. The van der Waals surface area contributed by atoms with E-state index in [0.29, 0.717) is 15.8 Å². The molecule has 2 aromatic heterocycles. The highest BCUT2D eigenvalue weighted by Crippen LogP contribution is 2.23. The number of hydrogen-bond donors (Lipinski definition) is 1. The number of aliphatic carboxylic acids is 1. The Balaban J connectivity index is 2.01. The van der Waals surface area contributed by atoms with Crippen LogP contribution in [0.1, 0.15) is 20.1 Å². The number of hydrogen-bond acceptors (Lipinski definition) is 4. The topological polar surface area (TPSA) is 57.6 Å². The summed E-state index contributed by atoms with van der Waals surface area (Å²) in [5, 5.41) is 10.5. The summed E-state index contributed by atoms with van der Waals surface area (Å²) in [4.78, 5) is 25.7. The summed E-state index contributed by atoms with van der Waals surface area (Å²) in [6.07, 6.45) is 2.63. The molecule has 0 aliphatic rings. The third-order valence-electron chi connectivity index (χ3n) is 2.61. The second-order valence-corrected chi connectivity index (χ2v) is 6.95. The number of carboxylic acid groups (broad SMARTS) is 1. The van der Waals surface area contributed by atoms with Gasteiger partial charge in [0.15, 0.2) is 0 Å². The summed E-state index contributed by atoms with van der Waals surface area (Å²) < 4.78 is 0.586. The molecule has 0 unspecified atom stereocenters. The van der Waals surface area contributed by atoms with Crippen LogP contribution in [0.5, 0.6) is 0 Å². The number of thiophene rings is 2. The Labute approximate surface area is 134 Å². The zero-order chi connectivity index (χ0) is 15.4. The molecule has 21 heavy (non-hydrogen) atoms. The first kappa shape index (κ1) is 15.8. The Morgan fingerprint density at radius 1 is 1.43 bits per heavy atom. The largest absolute Gasteiger partial charge is 0.478 e. The normalized spacial score (nSPS) is 11.0. The molecule has 2 aromatic rings. The second kappa shape index (κ2) is 6.89. The Morgan fingerprint density at radius 3 is 2.81 bits per heavy atom. The van der Waals surface area contributed by atoms with Crippen LogP contribution < -0.4 is 0 Å². The third kappa shape index (κ3) is 4.42. The van der Waals surface area contributed by atoms with E-state index in [1.54, 1.807) is 24.1 Å². The molecule has 0 fully saturated rings. The molecule has 1 amide bonds. The maximum absolute atomic E-state index is 12.2. The molecular weight excluding hydrogens is 330 g/mol. The van der Waals surface area contributed by atoms with Crippen molar-refractivity contribution < 1.29 is 14.7 Å². The maximum atomic E-state index is 12.2. The van der Waals surface area contributed by atoms with Gasteiger partial charge in [0.1, 0.15) is 0 Å². The van der Waals surface area contributed by atoms with Crippen molar-refractivity contribution in [3.8, 4) is 0 Å². The minimum atomic E-state index is -0.980. The first-order valence-electron chi connectivity index (χ1n) is 5.95. The first-order valence-corrected chi connectivity index (χ1v) is 8.02. The Kier molecular flexibility index (Phi) is 5.17. The second-order valence-electron chi connectivity index (χ2n) is 4.29. The summed E-state index contributed by atoms with van der Waals surface area (Å²) in [6.45, 7) is 0.464. The van der Waals surface area contributed by atoms with Crippen molar-refractivity contribution >= 4 is 52.2 Å². The lowest BCUT2D eigenvalue weighted by Crippen LogP contribution is -2.25. The molecule has 7 heteroatoms. The Bertz CT molecular complexity index is 690. The van der Waals surface area contributed by atoms with E-state index in [1.165, 1.54) is 28.7 Å². The van der Waals surface area contributed by atoms with E-state index in [-0.39, 0.29) is 5.91 Å². The van der Waals surface area contributed by atoms with Gasteiger partial charge >= 0.3 is 5.97 Å². The van der Waals surface area contributed by atoms with Gasteiger partial charge < -0.3 is 10.0 Å². The van der Waals surface area contributed by atoms with E-state index >= 15 is 0 Å². The molecule has 110 valence electrons. The molecule has 0 bridgehead atoms. The Morgan fingerprint density at radius 2 is 2.19 bits per heavy atom. The van der Waals surface area contributed by atoms with Crippen LogP contribution in [-0.4, -0.2) is 28.9 Å². The van der Waals surface area contributed by atoms with Crippen LogP contribution in [0, 0.1) is 0 Å². The van der Waals surface area contributed by atoms with Gasteiger partial charge in [-0.05, 0) is 35.2 Å². The van der Waals surface area contributed by atoms with Crippen molar-refractivity contribution in [3.05, 3.63) is 49.3 Å². The SMILES string of the molecule is CN(Cc1csc(C=CC(=O)O)c1)C(=O)c1ccc(Cl)s1. The average molecular weight is 342 g/mol. The van der Waals surface area contributed by atoms with Crippen molar-refractivity contribution in [3.63, 3.8) is 0 Å². The summed E-state index contributed by atoms with van der Waals surface area (Å²) in [5.74, 6) is -1.06.